The van der Waals surface area contributed by atoms with Crippen LogP contribution in [0.3, 0.4) is 0 Å². The molecule has 0 fully saturated rings. The SMILES string of the molecule is CCC(NC(=O)c1cc(Br)cnc1NC)c1nccs1. The highest BCUT2D eigenvalue weighted by Crippen LogP contribution is 2.22. The molecule has 20 heavy (non-hydrogen) atoms. The molecule has 1 atom stereocenters. The van der Waals surface area contributed by atoms with Crippen molar-refractivity contribution in [2.75, 3.05) is 12.4 Å². The summed E-state index contributed by atoms with van der Waals surface area (Å²) < 4.78 is 0.768. The van der Waals surface area contributed by atoms with Gasteiger partial charge in [-0.2, -0.15) is 0 Å². The van der Waals surface area contributed by atoms with E-state index in [0.717, 1.165) is 15.9 Å². The van der Waals surface area contributed by atoms with Crippen molar-refractivity contribution in [3.63, 3.8) is 0 Å². The number of amides is 1. The first-order chi connectivity index (χ1) is 9.65. The molecule has 0 aromatic carbocycles. The van der Waals surface area contributed by atoms with Gasteiger partial charge in [0, 0.05) is 29.3 Å². The molecule has 0 aliphatic carbocycles. The number of rotatable bonds is 5. The van der Waals surface area contributed by atoms with Crippen LogP contribution in [0.25, 0.3) is 0 Å². The van der Waals surface area contributed by atoms with E-state index in [-0.39, 0.29) is 11.9 Å². The molecule has 0 saturated carbocycles. The van der Waals surface area contributed by atoms with Crippen LogP contribution in [0.1, 0.15) is 34.8 Å². The highest BCUT2D eigenvalue weighted by molar-refractivity contribution is 9.10. The molecule has 106 valence electrons. The molecule has 0 bridgehead atoms. The smallest absolute Gasteiger partial charge is 0.255 e. The molecule has 7 heteroatoms. The highest BCUT2D eigenvalue weighted by Gasteiger charge is 2.19. The van der Waals surface area contributed by atoms with Crippen LogP contribution in [-0.2, 0) is 0 Å². The monoisotopic (exact) mass is 354 g/mol. The van der Waals surface area contributed by atoms with Gasteiger partial charge < -0.3 is 10.6 Å². The third-order valence-electron chi connectivity index (χ3n) is 2.80. The van der Waals surface area contributed by atoms with Crippen LogP contribution in [0.5, 0.6) is 0 Å². The quantitative estimate of drug-likeness (QED) is 0.864. The van der Waals surface area contributed by atoms with E-state index in [1.807, 2.05) is 12.3 Å². The van der Waals surface area contributed by atoms with Crippen LogP contribution in [0.4, 0.5) is 5.82 Å². The Morgan fingerprint density at radius 2 is 2.30 bits per heavy atom. The van der Waals surface area contributed by atoms with Gasteiger partial charge >= 0.3 is 0 Å². The third-order valence-corrected chi connectivity index (χ3v) is 4.12. The number of nitrogens with one attached hydrogen (secondary N) is 2. The van der Waals surface area contributed by atoms with Gasteiger partial charge in [-0.25, -0.2) is 9.97 Å². The average Bonchev–Trinajstić information content (AvgIpc) is 2.98. The summed E-state index contributed by atoms with van der Waals surface area (Å²) in [5.74, 6) is 0.393. The Bertz CT molecular complexity index is 588. The minimum Gasteiger partial charge on any atom is -0.372 e. The van der Waals surface area contributed by atoms with Crippen LogP contribution >= 0.6 is 27.3 Å². The molecule has 0 spiro atoms. The molecular weight excluding hydrogens is 340 g/mol. The standard InChI is InChI=1S/C13H15BrN4OS/c1-3-10(13-16-4-5-20-13)18-12(19)9-6-8(14)7-17-11(9)15-2/h4-7,10H,3H2,1-2H3,(H,15,17)(H,18,19). The number of hydrogen-bond donors (Lipinski definition) is 2. The maximum absolute atomic E-state index is 12.4. The van der Waals surface area contributed by atoms with Gasteiger partial charge in [-0.3, -0.25) is 4.79 Å². The Morgan fingerprint density at radius 1 is 1.50 bits per heavy atom. The Labute approximate surface area is 130 Å². The first kappa shape index (κ1) is 14.9. The minimum absolute atomic E-state index is 0.0776. The Hall–Kier alpha value is -1.47. The van der Waals surface area contributed by atoms with Gasteiger partial charge in [-0.1, -0.05) is 6.92 Å². The van der Waals surface area contributed by atoms with Crippen LogP contribution in [0.2, 0.25) is 0 Å². The lowest BCUT2D eigenvalue weighted by molar-refractivity contribution is 0.0936. The van der Waals surface area contributed by atoms with Crippen molar-refractivity contribution < 1.29 is 4.79 Å². The Balaban J connectivity index is 2.21. The molecule has 0 radical (unpaired) electrons. The Morgan fingerprint density at radius 3 is 2.90 bits per heavy atom. The van der Waals surface area contributed by atoms with Gasteiger partial charge in [-0.05, 0) is 28.4 Å². The summed E-state index contributed by atoms with van der Waals surface area (Å²) in [5.41, 5.74) is 0.511. The number of thiazole rings is 1. The molecule has 2 aromatic rings. The van der Waals surface area contributed by atoms with Crippen LogP contribution in [-0.4, -0.2) is 22.9 Å². The van der Waals surface area contributed by atoms with Gasteiger partial charge in [-0.15, -0.1) is 11.3 Å². The number of halogens is 1. The maximum atomic E-state index is 12.4. The zero-order chi connectivity index (χ0) is 14.5. The number of carbonyl (C=O) groups excluding carboxylic acids is 1. The van der Waals surface area contributed by atoms with E-state index >= 15 is 0 Å². The van der Waals surface area contributed by atoms with Gasteiger partial charge in [0.1, 0.15) is 10.8 Å². The minimum atomic E-state index is -0.162. The van der Waals surface area contributed by atoms with E-state index < -0.39 is 0 Å². The van der Waals surface area contributed by atoms with Crippen molar-refractivity contribution in [2.24, 2.45) is 0 Å². The van der Waals surface area contributed by atoms with Gasteiger partial charge in [0.05, 0.1) is 11.6 Å². The second-order valence-electron chi connectivity index (χ2n) is 4.10. The number of hydrogen-bond acceptors (Lipinski definition) is 5. The summed E-state index contributed by atoms with van der Waals surface area (Å²) in [7, 11) is 1.74. The summed E-state index contributed by atoms with van der Waals surface area (Å²) in [6.07, 6.45) is 4.19. The average molecular weight is 355 g/mol. The largest absolute Gasteiger partial charge is 0.372 e. The summed E-state index contributed by atoms with van der Waals surface area (Å²) in [6, 6.07) is 1.68. The number of carbonyl (C=O) groups is 1. The fourth-order valence-corrected chi connectivity index (χ4v) is 2.90. The predicted octanol–water partition coefficient (Wildman–Crippen LogP) is 3.22. The number of aromatic nitrogens is 2. The van der Waals surface area contributed by atoms with E-state index in [9.17, 15) is 4.79 Å². The fraction of sp³-hybridized carbons (Fsp3) is 0.308. The second kappa shape index (κ2) is 6.81. The van der Waals surface area contributed by atoms with E-state index in [4.69, 9.17) is 0 Å². The van der Waals surface area contributed by atoms with Crippen molar-refractivity contribution in [1.82, 2.24) is 15.3 Å². The van der Waals surface area contributed by atoms with Gasteiger partial charge in [0.25, 0.3) is 5.91 Å². The number of pyridine rings is 1. The molecule has 2 rings (SSSR count). The van der Waals surface area contributed by atoms with Gasteiger partial charge in [0.15, 0.2) is 0 Å². The molecule has 1 amide bonds. The fourth-order valence-electron chi connectivity index (χ4n) is 1.79. The first-order valence-electron chi connectivity index (χ1n) is 6.19. The molecule has 1 unspecified atom stereocenters. The molecule has 0 aliphatic rings. The van der Waals surface area contributed by atoms with Crippen molar-refractivity contribution in [2.45, 2.75) is 19.4 Å². The van der Waals surface area contributed by atoms with Crippen molar-refractivity contribution in [3.05, 3.63) is 38.9 Å². The molecular formula is C13H15BrN4OS. The maximum Gasteiger partial charge on any atom is 0.255 e. The molecule has 2 N–H and O–H groups in total. The molecule has 5 nitrogen and oxygen atoms in total. The Kier molecular flexibility index (Phi) is 5.08. The molecule has 0 aliphatic heterocycles. The summed E-state index contributed by atoms with van der Waals surface area (Å²) in [5, 5.41) is 8.74. The van der Waals surface area contributed by atoms with Crippen molar-refractivity contribution in [3.8, 4) is 0 Å². The highest BCUT2D eigenvalue weighted by atomic mass is 79.9. The lowest BCUT2D eigenvalue weighted by atomic mass is 10.2. The van der Waals surface area contributed by atoms with E-state index in [2.05, 4.69) is 36.5 Å². The van der Waals surface area contributed by atoms with Crippen molar-refractivity contribution in [1.29, 1.82) is 0 Å². The van der Waals surface area contributed by atoms with Crippen molar-refractivity contribution >= 4 is 39.0 Å². The van der Waals surface area contributed by atoms with Crippen LogP contribution in [0, 0.1) is 0 Å². The molecule has 2 heterocycles. The van der Waals surface area contributed by atoms with E-state index in [0.29, 0.717) is 11.4 Å². The third kappa shape index (κ3) is 3.34. The predicted molar refractivity (Wildman–Crippen MR) is 84.1 cm³/mol. The summed E-state index contributed by atoms with van der Waals surface area (Å²) in [6.45, 7) is 2.02. The zero-order valence-corrected chi connectivity index (χ0v) is 13.6. The molecule has 0 saturated heterocycles. The van der Waals surface area contributed by atoms with E-state index in [1.54, 1.807) is 25.5 Å². The van der Waals surface area contributed by atoms with Gasteiger partial charge in [0.2, 0.25) is 0 Å². The zero-order valence-electron chi connectivity index (χ0n) is 11.2. The normalized spacial score (nSPS) is 11.9. The number of anilines is 1. The summed E-state index contributed by atoms with van der Waals surface area (Å²) in [4.78, 5) is 20.8. The first-order valence-corrected chi connectivity index (χ1v) is 7.86. The summed E-state index contributed by atoms with van der Waals surface area (Å²) >= 11 is 4.87. The lowest BCUT2D eigenvalue weighted by Crippen LogP contribution is -2.29. The van der Waals surface area contributed by atoms with Crippen LogP contribution < -0.4 is 10.6 Å². The topological polar surface area (TPSA) is 66.9 Å². The van der Waals surface area contributed by atoms with Crippen LogP contribution in [0.15, 0.2) is 28.3 Å². The number of nitrogens with zero attached hydrogens (tertiary/aromatic N) is 2. The molecule has 2 aromatic heterocycles. The lowest BCUT2D eigenvalue weighted by Gasteiger charge is -2.16. The van der Waals surface area contributed by atoms with E-state index in [1.165, 1.54) is 11.3 Å². The second-order valence-corrected chi connectivity index (χ2v) is 5.95.